The number of ether oxygens (including phenoxy) is 1. The lowest BCUT2D eigenvalue weighted by Gasteiger charge is -2.04. The molecule has 14 heavy (non-hydrogen) atoms. The average molecular weight is 194 g/mol. The summed E-state index contributed by atoms with van der Waals surface area (Å²) in [6.07, 6.45) is 0.284. The molecule has 74 valence electrons. The second-order valence-electron chi connectivity index (χ2n) is 2.68. The Hall–Kier alpha value is -1.84. The molecule has 0 aliphatic carbocycles. The highest BCUT2D eigenvalue weighted by Crippen LogP contribution is 2.24. The fourth-order valence-electron chi connectivity index (χ4n) is 1.06. The van der Waals surface area contributed by atoms with Crippen LogP contribution in [-0.2, 0) is 4.79 Å². The maximum absolute atomic E-state index is 11.2. The Labute approximate surface area is 81.1 Å². The Bertz CT molecular complexity index is 357. The summed E-state index contributed by atoms with van der Waals surface area (Å²) in [4.78, 5) is 21.3. The topological polar surface area (TPSA) is 63.6 Å². The molecule has 0 amide bonds. The predicted molar refractivity (Wildman–Crippen MR) is 49.7 cm³/mol. The molecule has 0 aromatic heterocycles. The van der Waals surface area contributed by atoms with Gasteiger partial charge in [-0.3, -0.25) is 4.79 Å². The Morgan fingerprint density at radius 3 is 2.79 bits per heavy atom. The number of phenolic OH excluding ortho intramolecular Hbond substituents is 1. The molecule has 0 unspecified atom stereocenters. The van der Waals surface area contributed by atoms with E-state index in [1.165, 1.54) is 19.2 Å². The van der Waals surface area contributed by atoms with Gasteiger partial charge in [0.05, 0.1) is 19.1 Å². The number of hydrogen-bond acceptors (Lipinski definition) is 4. The summed E-state index contributed by atoms with van der Waals surface area (Å²) in [5.41, 5.74) is 0.137. The zero-order valence-corrected chi connectivity index (χ0v) is 7.69. The zero-order chi connectivity index (χ0) is 10.6. The van der Waals surface area contributed by atoms with Crippen LogP contribution in [0.15, 0.2) is 18.2 Å². The molecule has 1 N–H and O–H groups in total. The summed E-state index contributed by atoms with van der Waals surface area (Å²) >= 11 is 0. The molecule has 0 saturated carbocycles. The third-order valence-electron chi connectivity index (χ3n) is 1.77. The van der Waals surface area contributed by atoms with E-state index in [0.717, 1.165) is 0 Å². The van der Waals surface area contributed by atoms with E-state index in [0.29, 0.717) is 12.0 Å². The third kappa shape index (κ3) is 2.10. The molecule has 0 aliphatic rings. The summed E-state index contributed by atoms with van der Waals surface area (Å²) in [5.74, 6) is -0.110. The standard InChI is InChI=1S/C10H10O4/c1-14-7-2-3-8(10(13)6-7)9(12)4-5-11/h2-3,5-6,13H,4H2,1H3. The number of aromatic hydroxyl groups is 1. The van der Waals surface area contributed by atoms with Gasteiger partial charge in [0.15, 0.2) is 5.78 Å². The number of aldehydes is 1. The number of methoxy groups -OCH3 is 1. The first kappa shape index (κ1) is 10.2. The van der Waals surface area contributed by atoms with Gasteiger partial charge in [-0.05, 0) is 12.1 Å². The number of ketones is 1. The fraction of sp³-hybridized carbons (Fsp3) is 0.200. The van der Waals surface area contributed by atoms with Gasteiger partial charge in [0.2, 0.25) is 0 Å². The van der Waals surface area contributed by atoms with E-state index in [2.05, 4.69) is 0 Å². The molecule has 1 rings (SSSR count). The molecule has 1 aromatic carbocycles. The fourth-order valence-corrected chi connectivity index (χ4v) is 1.06. The van der Waals surface area contributed by atoms with Gasteiger partial charge in [0.25, 0.3) is 0 Å². The van der Waals surface area contributed by atoms with Gasteiger partial charge in [0.1, 0.15) is 17.8 Å². The summed E-state index contributed by atoms with van der Waals surface area (Å²) in [6, 6.07) is 4.32. The highest BCUT2D eigenvalue weighted by molar-refractivity contribution is 6.04. The van der Waals surface area contributed by atoms with Crippen molar-refractivity contribution in [3.05, 3.63) is 23.8 Å². The highest BCUT2D eigenvalue weighted by atomic mass is 16.5. The zero-order valence-electron chi connectivity index (χ0n) is 7.69. The summed E-state index contributed by atoms with van der Waals surface area (Å²) < 4.78 is 4.85. The molecular weight excluding hydrogens is 184 g/mol. The maximum Gasteiger partial charge on any atom is 0.173 e. The summed E-state index contributed by atoms with van der Waals surface area (Å²) in [5, 5.41) is 9.40. The van der Waals surface area contributed by atoms with Crippen molar-refractivity contribution < 1.29 is 19.4 Å². The minimum atomic E-state index is -0.403. The van der Waals surface area contributed by atoms with E-state index in [-0.39, 0.29) is 17.7 Å². The Morgan fingerprint density at radius 2 is 2.29 bits per heavy atom. The molecule has 4 nitrogen and oxygen atoms in total. The van der Waals surface area contributed by atoms with Crippen molar-refractivity contribution in [3.63, 3.8) is 0 Å². The van der Waals surface area contributed by atoms with Crippen LogP contribution in [0.4, 0.5) is 0 Å². The van der Waals surface area contributed by atoms with E-state index in [1.807, 2.05) is 0 Å². The normalized spacial score (nSPS) is 9.50. The Morgan fingerprint density at radius 1 is 1.57 bits per heavy atom. The number of rotatable bonds is 4. The second kappa shape index (κ2) is 4.41. The lowest BCUT2D eigenvalue weighted by Crippen LogP contribution is -2.00. The van der Waals surface area contributed by atoms with E-state index < -0.39 is 5.78 Å². The van der Waals surface area contributed by atoms with Crippen molar-refractivity contribution in [2.24, 2.45) is 0 Å². The minimum absolute atomic E-state index is 0.137. The van der Waals surface area contributed by atoms with Crippen LogP contribution >= 0.6 is 0 Å². The minimum Gasteiger partial charge on any atom is -0.507 e. The van der Waals surface area contributed by atoms with Crippen molar-refractivity contribution in [3.8, 4) is 11.5 Å². The van der Waals surface area contributed by atoms with Crippen molar-refractivity contribution in [2.45, 2.75) is 6.42 Å². The van der Waals surface area contributed by atoms with Crippen molar-refractivity contribution >= 4 is 12.1 Å². The number of Topliss-reactive ketones (excluding diaryl/α,β-unsaturated/α-hetero) is 1. The van der Waals surface area contributed by atoms with Crippen LogP contribution in [0.25, 0.3) is 0 Å². The number of benzene rings is 1. The predicted octanol–water partition coefficient (Wildman–Crippen LogP) is 1.17. The monoisotopic (exact) mass is 194 g/mol. The van der Waals surface area contributed by atoms with Gasteiger partial charge < -0.3 is 14.6 Å². The number of phenols is 1. The smallest absolute Gasteiger partial charge is 0.173 e. The second-order valence-corrected chi connectivity index (χ2v) is 2.68. The van der Waals surface area contributed by atoms with Crippen LogP contribution in [-0.4, -0.2) is 24.3 Å². The molecule has 4 heteroatoms. The van der Waals surface area contributed by atoms with Gasteiger partial charge in [-0.25, -0.2) is 0 Å². The molecule has 0 spiro atoms. The van der Waals surface area contributed by atoms with E-state index in [4.69, 9.17) is 4.74 Å². The average Bonchev–Trinajstić information content (AvgIpc) is 2.17. The Kier molecular flexibility index (Phi) is 3.23. The molecule has 0 atom stereocenters. The van der Waals surface area contributed by atoms with Crippen LogP contribution in [0.3, 0.4) is 0 Å². The van der Waals surface area contributed by atoms with Crippen LogP contribution in [0, 0.1) is 0 Å². The molecule has 0 saturated heterocycles. The lowest BCUT2D eigenvalue weighted by atomic mass is 10.1. The highest BCUT2D eigenvalue weighted by Gasteiger charge is 2.10. The third-order valence-corrected chi connectivity index (χ3v) is 1.77. The van der Waals surface area contributed by atoms with E-state index in [1.54, 1.807) is 6.07 Å². The first-order chi connectivity index (χ1) is 6.69. The van der Waals surface area contributed by atoms with Gasteiger partial charge in [-0.2, -0.15) is 0 Å². The van der Waals surface area contributed by atoms with Crippen molar-refractivity contribution in [1.82, 2.24) is 0 Å². The first-order valence-corrected chi connectivity index (χ1v) is 4.03. The molecule has 0 bridgehead atoms. The number of carbonyl (C=O) groups is 2. The SMILES string of the molecule is COc1ccc(C(=O)CC=O)c(O)c1. The molecule has 0 fully saturated rings. The van der Waals surface area contributed by atoms with Gasteiger partial charge in [0, 0.05) is 6.07 Å². The van der Waals surface area contributed by atoms with E-state index >= 15 is 0 Å². The molecule has 0 heterocycles. The largest absolute Gasteiger partial charge is 0.507 e. The summed E-state index contributed by atoms with van der Waals surface area (Å²) in [7, 11) is 1.46. The molecule has 1 aromatic rings. The van der Waals surface area contributed by atoms with Gasteiger partial charge >= 0.3 is 0 Å². The first-order valence-electron chi connectivity index (χ1n) is 4.03. The quantitative estimate of drug-likeness (QED) is 0.444. The van der Waals surface area contributed by atoms with Crippen LogP contribution in [0.2, 0.25) is 0 Å². The van der Waals surface area contributed by atoms with Crippen molar-refractivity contribution in [1.29, 1.82) is 0 Å². The van der Waals surface area contributed by atoms with Crippen molar-refractivity contribution in [2.75, 3.05) is 7.11 Å². The molecule has 0 radical (unpaired) electrons. The van der Waals surface area contributed by atoms with Gasteiger partial charge in [-0.15, -0.1) is 0 Å². The summed E-state index contributed by atoms with van der Waals surface area (Å²) in [6.45, 7) is 0. The maximum atomic E-state index is 11.2. The Balaban J connectivity index is 2.99. The number of carbonyl (C=O) groups excluding carboxylic acids is 2. The van der Waals surface area contributed by atoms with Gasteiger partial charge in [-0.1, -0.05) is 0 Å². The molecular formula is C10H10O4. The molecule has 0 aliphatic heterocycles. The van der Waals surface area contributed by atoms with Crippen LogP contribution in [0.5, 0.6) is 11.5 Å². The number of hydrogen-bond donors (Lipinski definition) is 1. The lowest BCUT2D eigenvalue weighted by molar-refractivity contribution is -0.107. The van der Waals surface area contributed by atoms with Crippen LogP contribution < -0.4 is 4.74 Å². The van der Waals surface area contributed by atoms with E-state index in [9.17, 15) is 14.7 Å². The van der Waals surface area contributed by atoms with Crippen LogP contribution in [0.1, 0.15) is 16.8 Å².